The summed E-state index contributed by atoms with van der Waals surface area (Å²) in [5.74, 6) is 2.01. The van der Waals surface area contributed by atoms with Crippen molar-refractivity contribution < 1.29 is 0 Å². The van der Waals surface area contributed by atoms with Gasteiger partial charge >= 0.3 is 0 Å². The van der Waals surface area contributed by atoms with Crippen molar-refractivity contribution in [3.8, 4) is 0 Å². The molecule has 0 aromatic heterocycles. The van der Waals surface area contributed by atoms with Crippen molar-refractivity contribution in [3.63, 3.8) is 0 Å². The molecule has 34 valence electrons. The first-order valence-electron chi connectivity index (χ1n) is 1.84. The molecule has 0 fully saturated rings. The Balaban J connectivity index is 2.66. The summed E-state index contributed by atoms with van der Waals surface area (Å²) in [6.45, 7) is 3.88. The van der Waals surface area contributed by atoms with Crippen molar-refractivity contribution in [3.05, 3.63) is 17.2 Å². The molecule has 6 heavy (non-hydrogen) atoms. The Labute approximate surface area is 43.6 Å². The van der Waals surface area contributed by atoms with E-state index in [2.05, 4.69) is 6.08 Å². The van der Waals surface area contributed by atoms with Gasteiger partial charge in [0.15, 0.2) is 0 Å². The van der Waals surface area contributed by atoms with Crippen molar-refractivity contribution in [2.45, 2.75) is 13.8 Å². The molecule has 0 heterocycles. The molecule has 0 spiro atoms. The fraction of sp³-hybridized carbons (Fsp3) is 0.400. The van der Waals surface area contributed by atoms with E-state index >= 15 is 0 Å². The second-order valence-electron chi connectivity index (χ2n) is 0.778. The molecule has 0 unspecified atom stereocenters. The fourth-order valence-electron chi connectivity index (χ4n) is 0.136. The van der Waals surface area contributed by atoms with Crippen LogP contribution in [0.4, 0.5) is 0 Å². The summed E-state index contributed by atoms with van der Waals surface area (Å²) >= 11 is 1.65. The molecule has 0 aromatic carbocycles. The van der Waals surface area contributed by atoms with Crippen LogP contribution in [0.3, 0.4) is 0 Å². The van der Waals surface area contributed by atoms with Gasteiger partial charge in [-0.25, -0.2) is 0 Å². The Morgan fingerprint density at radius 3 is 2.50 bits per heavy atom. The lowest BCUT2D eigenvalue weighted by molar-refractivity contribution is 1.69. The molecule has 0 aromatic rings. The SMILES string of the molecule is C/[C]=C/S[CH]C. The van der Waals surface area contributed by atoms with E-state index in [0.717, 1.165) is 0 Å². The third kappa shape index (κ3) is 4.09. The minimum Gasteiger partial charge on any atom is -0.130 e. The lowest BCUT2D eigenvalue weighted by Crippen LogP contribution is -1.44. The van der Waals surface area contributed by atoms with Gasteiger partial charge in [-0.15, -0.1) is 11.8 Å². The van der Waals surface area contributed by atoms with Crippen LogP contribution in [0.5, 0.6) is 0 Å². The van der Waals surface area contributed by atoms with Crippen LogP contribution < -0.4 is 0 Å². The second kappa shape index (κ2) is 5.09. The van der Waals surface area contributed by atoms with Gasteiger partial charge < -0.3 is 0 Å². The molecule has 0 aliphatic heterocycles. The van der Waals surface area contributed by atoms with E-state index in [1.165, 1.54) is 0 Å². The van der Waals surface area contributed by atoms with Crippen molar-refractivity contribution in [1.82, 2.24) is 0 Å². The van der Waals surface area contributed by atoms with Crippen LogP contribution in [0.25, 0.3) is 0 Å². The van der Waals surface area contributed by atoms with Crippen LogP contribution in [0.15, 0.2) is 5.41 Å². The summed E-state index contributed by atoms with van der Waals surface area (Å²) in [6, 6.07) is 0. The normalized spacial score (nSPS) is 10.3. The maximum atomic E-state index is 2.88. The minimum atomic E-state index is 1.65. The molecule has 0 nitrogen and oxygen atoms in total. The van der Waals surface area contributed by atoms with E-state index in [0.29, 0.717) is 0 Å². The molecule has 0 saturated heterocycles. The smallest absolute Gasteiger partial charge is 0.0180 e. The van der Waals surface area contributed by atoms with Gasteiger partial charge in [0.2, 0.25) is 0 Å². The average molecular weight is 100 g/mol. The van der Waals surface area contributed by atoms with E-state index < -0.39 is 0 Å². The standard InChI is InChI=1S/C5H8S/c1-3-5-6-4-2/h4-5H,1-2H3. The van der Waals surface area contributed by atoms with Crippen LogP contribution in [0, 0.1) is 11.8 Å². The molecule has 0 N–H and O–H groups in total. The lowest BCUT2D eigenvalue weighted by Gasteiger charge is -1.75. The quantitative estimate of drug-likeness (QED) is 0.512. The van der Waals surface area contributed by atoms with Gasteiger partial charge in [-0.2, -0.15) is 0 Å². The highest BCUT2D eigenvalue weighted by molar-refractivity contribution is 8.03. The maximum Gasteiger partial charge on any atom is 0.0180 e. The van der Waals surface area contributed by atoms with Crippen molar-refractivity contribution in [2.75, 3.05) is 0 Å². The van der Waals surface area contributed by atoms with Gasteiger partial charge in [-0.1, -0.05) is 6.92 Å². The molecule has 0 aliphatic carbocycles. The van der Waals surface area contributed by atoms with Crippen LogP contribution in [-0.4, -0.2) is 0 Å². The largest absolute Gasteiger partial charge is 0.130 e. The molecular weight excluding hydrogens is 92.1 g/mol. The maximum absolute atomic E-state index is 2.88. The number of rotatable bonds is 2. The molecule has 0 amide bonds. The van der Waals surface area contributed by atoms with E-state index in [-0.39, 0.29) is 0 Å². The molecular formula is C5H8S. The van der Waals surface area contributed by atoms with Gasteiger partial charge in [0.05, 0.1) is 0 Å². The Kier molecular flexibility index (Phi) is 5.17. The summed E-state index contributed by atoms with van der Waals surface area (Å²) in [5, 5.41) is 1.92. The Morgan fingerprint density at radius 1 is 1.67 bits per heavy atom. The molecule has 2 radical (unpaired) electrons. The third-order valence-electron chi connectivity index (χ3n) is 0.322. The monoisotopic (exact) mass is 100 g/mol. The molecule has 0 atom stereocenters. The number of hydrogen-bond acceptors (Lipinski definition) is 1. The summed E-state index contributed by atoms with van der Waals surface area (Å²) in [7, 11) is 0. The van der Waals surface area contributed by atoms with E-state index in [9.17, 15) is 0 Å². The number of thioether (sulfide) groups is 1. The lowest BCUT2D eigenvalue weighted by atomic mass is 10.8. The van der Waals surface area contributed by atoms with E-state index in [1.54, 1.807) is 11.8 Å². The van der Waals surface area contributed by atoms with Crippen molar-refractivity contribution >= 4 is 11.8 Å². The van der Waals surface area contributed by atoms with Gasteiger partial charge in [-0.3, -0.25) is 0 Å². The molecule has 0 bridgehead atoms. The van der Waals surface area contributed by atoms with Gasteiger partial charge in [0.1, 0.15) is 0 Å². The van der Waals surface area contributed by atoms with Gasteiger partial charge in [0.25, 0.3) is 0 Å². The predicted octanol–water partition coefficient (Wildman–Crippen LogP) is 2.24. The average Bonchev–Trinajstić information content (AvgIpc) is 1.61. The van der Waals surface area contributed by atoms with Crippen LogP contribution in [0.1, 0.15) is 13.8 Å². The Hall–Kier alpha value is 0.0900. The predicted molar refractivity (Wildman–Crippen MR) is 31.1 cm³/mol. The molecule has 0 aliphatic rings. The molecule has 0 rings (SSSR count). The minimum absolute atomic E-state index is 1.65. The topological polar surface area (TPSA) is 0 Å². The first-order valence-corrected chi connectivity index (χ1v) is 2.78. The summed E-state index contributed by atoms with van der Waals surface area (Å²) < 4.78 is 0. The highest BCUT2D eigenvalue weighted by Gasteiger charge is 1.65. The van der Waals surface area contributed by atoms with Crippen LogP contribution in [0.2, 0.25) is 0 Å². The second-order valence-corrected chi connectivity index (χ2v) is 1.76. The number of hydrogen-bond donors (Lipinski definition) is 0. The number of allylic oxidation sites excluding steroid dienone is 1. The van der Waals surface area contributed by atoms with Crippen LogP contribution >= 0.6 is 11.8 Å². The Morgan fingerprint density at radius 2 is 2.33 bits per heavy atom. The molecule has 1 heteroatoms. The fourth-order valence-corrected chi connectivity index (χ4v) is 0.408. The highest BCUT2D eigenvalue weighted by Crippen LogP contribution is 2.02. The van der Waals surface area contributed by atoms with Gasteiger partial charge in [-0.05, 0) is 18.4 Å². The summed E-state index contributed by atoms with van der Waals surface area (Å²) in [4.78, 5) is 0. The van der Waals surface area contributed by atoms with Crippen LogP contribution in [-0.2, 0) is 0 Å². The molecule has 0 saturated carbocycles. The zero-order valence-electron chi connectivity index (χ0n) is 4.06. The zero-order valence-corrected chi connectivity index (χ0v) is 4.88. The van der Waals surface area contributed by atoms with Crippen molar-refractivity contribution in [1.29, 1.82) is 0 Å². The first kappa shape index (κ1) is 6.09. The highest BCUT2D eigenvalue weighted by atomic mass is 32.2. The third-order valence-corrected chi connectivity index (χ3v) is 0.966. The van der Waals surface area contributed by atoms with E-state index in [1.807, 2.05) is 25.0 Å². The summed E-state index contributed by atoms with van der Waals surface area (Å²) in [6.07, 6.45) is 2.88. The Bertz CT molecular complexity index is 39.2. The first-order chi connectivity index (χ1) is 2.91. The van der Waals surface area contributed by atoms with Gasteiger partial charge in [0, 0.05) is 5.75 Å². The van der Waals surface area contributed by atoms with E-state index in [4.69, 9.17) is 0 Å². The zero-order chi connectivity index (χ0) is 4.83. The van der Waals surface area contributed by atoms with Crippen molar-refractivity contribution in [2.24, 2.45) is 0 Å². The summed E-state index contributed by atoms with van der Waals surface area (Å²) in [5.41, 5.74) is 0.